The van der Waals surface area contributed by atoms with Crippen LogP contribution in [0.1, 0.15) is 23.0 Å². The van der Waals surface area contributed by atoms with E-state index in [1.165, 1.54) is 26.2 Å². The molecule has 3 rings (SSSR count). The molecule has 1 aliphatic rings. The summed E-state index contributed by atoms with van der Waals surface area (Å²) in [5, 5.41) is 6.15. The van der Waals surface area contributed by atoms with Crippen LogP contribution in [0.3, 0.4) is 0 Å². The molecular formula is C17H18N2O7. The number of aromatic nitrogens is 1. The molecule has 138 valence electrons. The van der Waals surface area contributed by atoms with E-state index in [1.807, 2.05) is 0 Å². The quantitative estimate of drug-likeness (QED) is 0.804. The molecule has 1 atom stereocenters. The summed E-state index contributed by atoms with van der Waals surface area (Å²) < 4.78 is 26.3. The van der Waals surface area contributed by atoms with E-state index in [0.717, 1.165) is 0 Å². The van der Waals surface area contributed by atoms with Crippen LogP contribution in [0.5, 0.6) is 17.2 Å². The molecule has 1 aromatic heterocycles. The minimum absolute atomic E-state index is 0.183. The molecule has 0 saturated carbocycles. The van der Waals surface area contributed by atoms with Gasteiger partial charge in [-0.25, -0.2) is 4.79 Å². The maximum atomic E-state index is 12.4. The predicted molar refractivity (Wildman–Crippen MR) is 88.7 cm³/mol. The fourth-order valence-electron chi connectivity index (χ4n) is 2.33. The number of rotatable bonds is 5. The number of hydrogen-bond acceptors (Lipinski definition) is 8. The van der Waals surface area contributed by atoms with Crippen molar-refractivity contribution in [3.63, 3.8) is 0 Å². The molecule has 9 nitrogen and oxygen atoms in total. The van der Waals surface area contributed by atoms with Crippen molar-refractivity contribution in [2.45, 2.75) is 20.0 Å². The number of fused-ring (bicyclic) bond motifs is 1. The minimum atomic E-state index is -1.04. The predicted octanol–water partition coefficient (Wildman–Crippen LogP) is 1.95. The highest BCUT2D eigenvalue weighted by molar-refractivity contribution is 5.97. The van der Waals surface area contributed by atoms with Crippen molar-refractivity contribution in [2.24, 2.45) is 0 Å². The minimum Gasteiger partial charge on any atom is -0.493 e. The summed E-state index contributed by atoms with van der Waals surface area (Å²) in [7, 11) is 1.46. The number of hydrogen-bond donors (Lipinski definition) is 1. The van der Waals surface area contributed by atoms with Gasteiger partial charge in [-0.3, -0.25) is 4.79 Å². The van der Waals surface area contributed by atoms with Gasteiger partial charge in [-0.05, 0) is 26.0 Å². The van der Waals surface area contributed by atoms with Crippen LogP contribution in [0, 0.1) is 6.92 Å². The Labute approximate surface area is 149 Å². The lowest BCUT2D eigenvalue weighted by atomic mass is 10.1. The maximum Gasteiger partial charge on any atom is 0.339 e. The van der Waals surface area contributed by atoms with E-state index in [-0.39, 0.29) is 11.4 Å². The summed E-state index contributed by atoms with van der Waals surface area (Å²) >= 11 is 0. The lowest BCUT2D eigenvalue weighted by molar-refractivity contribution is -0.123. The average molecular weight is 362 g/mol. The summed E-state index contributed by atoms with van der Waals surface area (Å²) in [6.07, 6.45) is -1.04. The third-order valence-electron chi connectivity index (χ3n) is 3.60. The molecule has 2 heterocycles. The monoisotopic (exact) mass is 362 g/mol. The molecule has 26 heavy (non-hydrogen) atoms. The zero-order valence-corrected chi connectivity index (χ0v) is 14.5. The summed E-state index contributed by atoms with van der Waals surface area (Å²) in [5.74, 6) is 0.740. The highest BCUT2D eigenvalue weighted by Gasteiger charge is 2.24. The van der Waals surface area contributed by atoms with E-state index in [9.17, 15) is 9.59 Å². The summed E-state index contributed by atoms with van der Waals surface area (Å²) in [5.41, 5.74) is 0.183. The van der Waals surface area contributed by atoms with Crippen LogP contribution < -0.4 is 19.5 Å². The molecule has 0 spiro atoms. The maximum absolute atomic E-state index is 12.4. The Kier molecular flexibility index (Phi) is 4.97. The summed E-state index contributed by atoms with van der Waals surface area (Å²) in [4.78, 5) is 24.5. The van der Waals surface area contributed by atoms with Crippen LogP contribution in [-0.2, 0) is 9.53 Å². The van der Waals surface area contributed by atoms with Crippen molar-refractivity contribution in [2.75, 3.05) is 25.6 Å². The van der Waals surface area contributed by atoms with Gasteiger partial charge >= 0.3 is 5.97 Å². The smallest absolute Gasteiger partial charge is 0.339 e. The van der Waals surface area contributed by atoms with Crippen LogP contribution >= 0.6 is 0 Å². The molecule has 0 unspecified atom stereocenters. The van der Waals surface area contributed by atoms with E-state index in [1.54, 1.807) is 13.0 Å². The molecule has 1 amide bonds. The van der Waals surface area contributed by atoms with Gasteiger partial charge in [0.2, 0.25) is 5.75 Å². The molecule has 2 aromatic rings. The number of methoxy groups -OCH3 is 1. The van der Waals surface area contributed by atoms with Gasteiger partial charge in [-0.2, -0.15) is 0 Å². The van der Waals surface area contributed by atoms with E-state index >= 15 is 0 Å². The number of carbonyl (C=O) groups excluding carboxylic acids is 2. The summed E-state index contributed by atoms with van der Waals surface area (Å²) in [6, 6.07) is 4.52. The number of carbonyl (C=O) groups is 2. The first-order valence-electron chi connectivity index (χ1n) is 7.90. The molecule has 0 bridgehead atoms. The fraction of sp³-hybridized carbons (Fsp3) is 0.353. The van der Waals surface area contributed by atoms with Gasteiger partial charge in [0.15, 0.2) is 23.4 Å². The van der Waals surface area contributed by atoms with Crippen LogP contribution in [0.2, 0.25) is 0 Å². The lowest BCUT2D eigenvalue weighted by Gasteiger charge is -2.21. The van der Waals surface area contributed by atoms with Gasteiger partial charge in [-0.15, -0.1) is 0 Å². The van der Waals surface area contributed by atoms with Crippen LogP contribution in [-0.4, -0.2) is 43.5 Å². The normalized spacial score (nSPS) is 13.7. The first kappa shape index (κ1) is 17.6. The van der Waals surface area contributed by atoms with Gasteiger partial charge in [0.05, 0.1) is 12.7 Å². The second-order valence-electron chi connectivity index (χ2n) is 5.56. The molecular weight excluding hydrogens is 344 g/mol. The Morgan fingerprint density at radius 2 is 2.00 bits per heavy atom. The standard InChI is InChI=1S/C17H18N2O7/c1-9-6-14(19-26-9)18-16(20)10(2)25-17(21)11-7-12(22-3)15-13(8-11)23-4-5-24-15/h6-8,10H,4-5H2,1-3H3,(H,18,19,20)/t10-/m1/s1. The Morgan fingerprint density at radius 1 is 1.23 bits per heavy atom. The van der Waals surface area contributed by atoms with Crippen molar-refractivity contribution in [3.05, 3.63) is 29.5 Å². The molecule has 0 fully saturated rings. The second-order valence-corrected chi connectivity index (χ2v) is 5.56. The molecule has 0 aliphatic carbocycles. The van der Waals surface area contributed by atoms with Crippen LogP contribution in [0.15, 0.2) is 22.7 Å². The topological polar surface area (TPSA) is 109 Å². The first-order chi connectivity index (χ1) is 12.5. The Morgan fingerprint density at radius 3 is 2.69 bits per heavy atom. The Hall–Kier alpha value is -3.23. The Bertz CT molecular complexity index is 813. The lowest BCUT2D eigenvalue weighted by Crippen LogP contribution is -2.30. The van der Waals surface area contributed by atoms with E-state index in [0.29, 0.717) is 36.2 Å². The largest absolute Gasteiger partial charge is 0.493 e. The second kappa shape index (κ2) is 7.34. The van der Waals surface area contributed by atoms with Gasteiger partial charge in [-0.1, -0.05) is 5.16 Å². The number of nitrogens with one attached hydrogen (secondary N) is 1. The number of aryl methyl sites for hydroxylation is 1. The van der Waals surface area contributed by atoms with E-state index < -0.39 is 18.0 Å². The van der Waals surface area contributed by atoms with Gasteiger partial charge in [0, 0.05) is 6.07 Å². The van der Waals surface area contributed by atoms with Crippen LogP contribution in [0.25, 0.3) is 0 Å². The van der Waals surface area contributed by atoms with Crippen molar-refractivity contribution >= 4 is 17.7 Å². The molecule has 0 radical (unpaired) electrons. The number of ether oxygens (including phenoxy) is 4. The number of nitrogens with zero attached hydrogens (tertiary/aromatic N) is 1. The van der Waals surface area contributed by atoms with Gasteiger partial charge < -0.3 is 28.8 Å². The fourth-order valence-corrected chi connectivity index (χ4v) is 2.33. The van der Waals surface area contributed by atoms with Crippen molar-refractivity contribution in [3.8, 4) is 17.2 Å². The third-order valence-corrected chi connectivity index (χ3v) is 3.60. The van der Waals surface area contributed by atoms with E-state index in [4.69, 9.17) is 23.5 Å². The third kappa shape index (κ3) is 3.71. The van der Waals surface area contributed by atoms with Gasteiger partial charge in [0.1, 0.15) is 19.0 Å². The van der Waals surface area contributed by atoms with Crippen molar-refractivity contribution in [1.29, 1.82) is 0 Å². The SMILES string of the molecule is COc1cc(C(=O)O[C@H](C)C(=O)Nc2cc(C)on2)cc2c1OCCO2. The highest BCUT2D eigenvalue weighted by Crippen LogP contribution is 2.40. The number of amides is 1. The zero-order valence-electron chi connectivity index (χ0n) is 14.5. The molecule has 0 saturated heterocycles. The van der Waals surface area contributed by atoms with Crippen LogP contribution in [0.4, 0.5) is 5.82 Å². The molecule has 1 aliphatic heterocycles. The number of esters is 1. The number of anilines is 1. The molecule has 9 heteroatoms. The van der Waals surface area contributed by atoms with Crippen molar-refractivity contribution < 1.29 is 33.1 Å². The molecule has 1 aromatic carbocycles. The van der Waals surface area contributed by atoms with Gasteiger partial charge in [0.25, 0.3) is 5.91 Å². The van der Waals surface area contributed by atoms with E-state index in [2.05, 4.69) is 10.5 Å². The first-order valence-corrected chi connectivity index (χ1v) is 7.90. The average Bonchev–Trinajstić information content (AvgIpc) is 3.05. The Balaban J connectivity index is 1.70. The molecule has 1 N–H and O–H groups in total. The zero-order chi connectivity index (χ0) is 18.7. The summed E-state index contributed by atoms with van der Waals surface area (Å²) in [6.45, 7) is 3.91. The highest BCUT2D eigenvalue weighted by atomic mass is 16.6. The van der Waals surface area contributed by atoms with Crippen molar-refractivity contribution in [1.82, 2.24) is 5.16 Å². The number of benzene rings is 1.